The van der Waals surface area contributed by atoms with Crippen LogP contribution in [0.5, 0.6) is 5.75 Å². The molecular weight excluding hydrogens is 254 g/mol. The van der Waals surface area contributed by atoms with Crippen molar-refractivity contribution >= 4 is 0 Å². The zero-order valence-corrected chi connectivity index (χ0v) is 12.2. The molecule has 1 aromatic carbocycles. The number of hydrogen-bond acceptors (Lipinski definition) is 5. The molecule has 1 N–H and O–H groups in total. The molecule has 0 spiro atoms. The third-order valence-corrected chi connectivity index (χ3v) is 2.72. The Morgan fingerprint density at radius 3 is 2.60 bits per heavy atom. The van der Waals surface area contributed by atoms with Gasteiger partial charge in [0, 0.05) is 6.54 Å². The fourth-order valence-corrected chi connectivity index (χ4v) is 1.74. The summed E-state index contributed by atoms with van der Waals surface area (Å²) < 4.78 is 5.60. The highest BCUT2D eigenvalue weighted by Gasteiger charge is 2.02. The van der Waals surface area contributed by atoms with Gasteiger partial charge < -0.3 is 10.1 Å². The molecule has 0 atom stereocenters. The van der Waals surface area contributed by atoms with Crippen LogP contribution >= 0.6 is 0 Å². The van der Waals surface area contributed by atoms with Crippen LogP contribution in [0.3, 0.4) is 0 Å². The van der Waals surface area contributed by atoms with E-state index in [1.807, 2.05) is 12.1 Å². The Kier molecular flexibility index (Phi) is 5.06. The molecule has 20 heavy (non-hydrogen) atoms. The van der Waals surface area contributed by atoms with Crippen molar-refractivity contribution in [1.82, 2.24) is 25.5 Å². The minimum Gasteiger partial charge on any atom is -0.485 e. The highest BCUT2D eigenvalue weighted by Crippen LogP contribution is 2.13. The van der Waals surface area contributed by atoms with Crippen LogP contribution in [0.1, 0.15) is 25.2 Å². The van der Waals surface area contributed by atoms with Crippen LogP contribution in [-0.4, -0.2) is 26.8 Å². The molecule has 0 bridgehead atoms. The molecule has 108 valence electrons. The van der Waals surface area contributed by atoms with Crippen molar-refractivity contribution in [2.75, 3.05) is 6.54 Å². The first-order chi connectivity index (χ1) is 9.63. The molecule has 6 heteroatoms. The van der Waals surface area contributed by atoms with Crippen LogP contribution in [0.25, 0.3) is 0 Å². The third kappa shape index (κ3) is 4.62. The Morgan fingerprint density at radius 2 is 2.00 bits per heavy atom. The molecule has 0 aliphatic rings. The van der Waals surface area contributed by atoms with E-state index in [2.05, 4.69) is 46.7 Å². The monoisotopic (exact) mass is 275 g/mol. The number of aryl methyl sites for hydroxylation is 1. The summed E-state index contributed by atoms with van der Waals surface area (Å²) in [6.45, 7) is 6.63. The maximum Gasteiger partial charge on any atom is 0.212 e. The molecule has 0 aliphatic heterocycles. The topological polar surface area (TPSA) is 64.9 Å². The summed E-state index contributed by atoms with van der Waals surface area (Å²) in [4.78, 5) is 1.42. The fraction of sp³-hybridized carbons (Fsp3) is 0.500. The van der Waals surface area contributed by atoms with E-state index in [1.54, 1.807) is 7.05 Å². The first kappa shape index (κ1) is 14.5. The second kappa shape index (κ2) is 7.00. The van der Waals surface area contributed by atoms with Gasteiger partial charge in [-0.05, 0) is 35.4 Å². The highest BCUT2D eigenvalue weighted by atomic mass is 16.5. The number of tetrazole rings is 1. The van der Waals surface area contributed by atoms with Crippen LogP contribution in [-0.2, 0) is 20.2 Å². The molecule has 0 saturated heterocycles. The molecule has 0 saturated carbocycles. The summed E-state index contributed by atoms with van der Waals surface area (Å²) in [5.41, 5.74) is 1.25. The number of rotatable bonds is 7. The Morgan fingerprint density at radius 1 is 1.25 bits per heavy atom. The predicted octanol–water partition coefficient (Wildman–Crippen LogP) is 1.53. The van der Waals surface area contributed by atoms with E-state index in [0.717, 1.165) is 18.8 Å². The molecule has 0 unspecified atom stereocenters. The van der Waals surface area contributed by atoms with Crippen molar-refractivity contribution in [3.8, 4) is 5.75 Å². The van der Waals surface area contributed by atoms with Crippen molar-refractivity contribution in [2.24, 2.45) is 13.0 Å². The first-order valence-electron chi connectivity index (χ1n) is 6.79. The van der Waals surface area contributed by atoms with Gasteiger partial charge in [0.2, 0.25) is 5.82 Å². The van der Waals surface area contributed by atoms with Crippen molar-refractivity contribution < 1.29 is 4.74 Å². The van der Waals surface area contributed by atoms with Gasteiger partial charge in [-0.25, -0.2) is 0 Å². The normalized spacial score (nSPS) is 11.0. The number of hydrogen-bond donors (Lipinski definition) is 1. The number of nitrogens with zero attached hydrogens (tertiary/aromatic N) is 4. The van der Waals surface area contributed by atoms with Gasteiger partial charge in [-0.3, -0.25) is 0 Å². The summed E-state index contributed by atoms with van der Waals surface area (Å²) in [5, 5.41) is 15.1. The van der Waals surface area contributed by atoms with E-state index < -0.39 is 0 Å². The number of benzene rings is 1. The summed E-state index contributed by atoms with van der Waals surface area (Å²) >= 11 is 0. The number of ether oxygens (including phenoxy) is 1. The van der Waals surface area contributed by atoms with Gasteiger partial charge in [0.15, 0.2) is 6.61 Å². The van der Waals surface area contributed by atoms with E-state index in [9.17, 15) is 0 Å². The van der Waals surface area contributed by atoms with Crippen molar-refractivity contribution in [2.45, 2.75) is 27.0 Å². The van der Waals surface area contributed by atoms with Crippen LogP contribution in [0.4, 0.5) is 0 Å². The molecule has 0 aliphatic carbocycles. The quantitative estimate of drug-likeness (QED) is 0.830. The lowest BCUT2D eigenvalue weighted by atomic mass is 10.2. The van der Waals surface area contributed by atoms with Gasteiger partial charge in [0.1, 0.15) is 5.75 Å². The molecule has 6 nitrogen and oxygen atoms in total. The smallest absolute Gasteiger partial charge is 0.212 e. The summed E-state index contributed by atoms with van der Waals surface area (Å²) in [6.07, 6.45) is 0. The molecule has 2 aromatic rings. The van der Waals surface area contributed by atoms with Crippen LogP contribution in [0.2, 0.25) is 0 Å². The molecule has 1 heterocycles. The fourth-order valence-electron chi connectivity index (χ4n) is 1.74. The van der Waals surface area contributed by atoms with Crippen molar-refractivity contribution in [3.05, 3.63) is 35.7 Å². The maximum atomic E-state index is 5.60. The SMILES string of the molecule is CC(C)CNCc1ccc(OCc2nnn(C)n2)cc1. The van der Waals surface area contributed by atoms with Gasteiger partial charge in [0.05, 0.1) is 7.05 Å². The average Bonchev–Trinajstić information content (AvgIpc) is 2.83. The minimum atomic E-state index is 0.332. The molecule has 0 amide bonds. The number of aromatic nitrogens is 4. The third-order valence-electron chi connectivity index (χ3n) is 2.72. The predicted molar refractivity (Wildman–Crippen MR) is 76.1 cm³/mol. The molecule has 2 rings (SSSR count). The van der Waals surface area contributed by atoms with Gasteiger partial charge in [-0.15, -0.1) is 10.2 Å². The highest BCUT2D eigenvalue weighted by molar-refractivity contribution is 5.27. The van der Waals surface area contributed by atoms with Crippen molar-refractivity contribution in [3.63, 3.8) is 0 Å². The second-order valence-electron chi connectivity index (χ2n) is 5.15. The molecular formula is C14H21N5O. The maximum absolute atomic E-state index is 5.60. The zero-order valence-electron chi connectivity index (χ0n) is 12.2. The lowest BCUT2D eigenvalue weighted by Gasteiger charge is -2.08. The molecule has 1 aromatic heterocycles. The van der Waals surface area contributed by atoms with Crippen LogP contribution in [0, 0.1) is 5.92 Å². The van der Waals surface area contributed by atoms with Gasteiger partial charge in [-0.2, -0.15) is 4.80 Å². The summed E-state index contributed by atoms with van der Waals surface area (Å²) in [7, 11) is 1.73. The Bertz CT molecular complexity index is 521. The Hall–Kier alpha value is -1.95. The van der Waals surface area contributed by atoms with Crippen molar-refractivity contribution in [1.29, 1.82) is 0 Å². The largest absolute Gasteiger partial charge is 0.485 e. The summed E-state index contributed by atoms with van der Waals surface area (Å²) in [5.74, 6) is 2.05. The Labute approximate surface area is 119 Å². The zero-order chi connectivity index (χ0) is 14.4. The molecule has 0 radical (unpaired) electrons. The minimum absolute atomic E-state index is 0.332. The summed E-state index contributed by atoms with van der Waals surface area (Å²) in [6, 6.07) is 8.05. The van der Waals surface area contributed by atoms with E-state index in [0.29, 0.717) is 18.3 Å². The Balaban J connectivity index is 1.79. The standard InChI is InChI=1S/C14H21N5O/c1-11(2)8-15-9-12-4-6-13(7-5-12)20-10-14-16-18-19(3)17-14/h4-7,11,15H,8-10H2,1-3H3. The van der Waals surface area contributed by atoms with E-state index in [4.69, 9.17) is 4.74 Å². The second-order valence-corrected chi connectivity index (χ2v) is 5.15. The van der Waals surface area contributed by atoms with Crippen LogP contribution in [0.15, 0.2) is 24.3 Å². The lowest BCUT2D eigenvalue weighted by Crippen LogP contribution is -2.18. The number of nitrogens with one attached hydrogen (secondary N) is 1. The van der Waals surface area contributed by atoms with Crippen LogP contribution < -0.4 is 10.1 Å². The first-order valence-corrected chi connectivity index (χ1v) is 6.79. The van der Waals surface area contributed by atoms with E-state index >= 15 is 0 Å². The van der Waals surface area contributed by atoms with E-state index in [1.165, 1.54) is 10.4 Å². The molecule has 0 fully saturated rings. The van der Waals surface area contributed by atoms with Gasteiger partial charge >= 0.3 is 0 Å². The van der Waals surface area contributed by atoms with Gasteiger partial charge in [-0.1, -0.05) is 26.0 Å². The average molecular weight is 275 g/mol. The lowest BCUT2D eigenvalue weighted by molar-refractivity contribution is 0.295. The van der Waals surface area contributed by atoms with E-state index in [-0.39, 0.29) is 0 Å². The van der Waals surface area contributed by atoms with Gasteiger partial charge in [0.25, 0.3) is 0 Å².